The Balaban J connectivity index is 3.01. The van der Waals surface area contributed by atoms with Gasteiger partial charge in [0.15, 0.2) is 0 Å². The molecule has 0 spiro atoms. The standard InChI is InChI=1S/C13H15BrO4/c1-2-18-13(17)10-5-3-4-9(11(10)8-14)6-7-12(15)16/h3-5H,2,6-8H2,1H3,(H,15,16). The van der Waals surface area contributed by atoms with Crippen molar-refractivity contribution in [1.82, 2.24) is 0 Å². The first-order valence-electron chi connectivity index (χ1n) is 5.65. The van der Waals surface area contributed by atoms with Gasteiger partial charge < -0.3 is 9.84 Å². The minimum Gasteiger partial charge on any atom is -0.481 e. The molecule has 0 aliphatic carbocycles. The zero-order valence-electron chi connectivity index (χ0n) is 10.1. The monoisotopic (exact) mass is 314 g/mol. The molecule has 1 rings (SSSR count). The predicted molar refractivity (Wildman–Crippen MR) is 71.0 cm³/mol. The Morgan fingerprint density at radius 2 is 2.11 bits per heavy atom. The maximum absolute atomic E-state index is 11.8. The molecule has 0 fully saturated rings. The Bertz CT molecular complexity index is 443. The summed E-state index contributed by atoms with van der Waals surface area (Å²) in [6.07, 6.45) is 0.454. The number of rotatable bonds is 6. The topological polar surface area (TPSA) is 63.6 Å². The lowest BCUT2D eigenvalue weighted by Gasteiger charge is -2.11. The van der Waals surface area contributed by atoms with Crippen molar-refractivity contribution in [3.05, 3.63) is 34.9 Å². The molecule has 0 aromatic heterocycles. The summed E-state index contributed by atoms with van der Waals surface area (Å²) in [5, 5.41) is 9.19. The second-order valence-corrected chi connectivity index (χ2v) is 4.25. The third-order valence-electron chi connectivity index (χ3n) is 2.51. The van der Waals surface area contributed by atoms with E-state index >= 15 is 0 Å². The van der Waals surface area contributed by atoms with Gasteiger partial charge in [0.2, 0.25) is 0 Å². The molecule has 0 unspecified atom stereocenters. The van der Waals surface area contributed by atoms with E-state index < -0.39 is 5.97 Å². The van der Waals surface area contributed by atoms with Crippen LogP contribution >= 0.6 is 15.9 Å². The quantitative estimate of drug-likeness (QED) is 0.648. The summed E-state index contributed by atoms with van der Waals surface area (Å²) in [5.41, 5.74) is 2.16. The molecular weight excluding hydrogens is 300 g/mol. The van der Waals surface area contributed by atoms with Crippen LogP contribution in [0.2, 0.25) is 0 Å². The summed E-state index contributed by atoms with van der Waals surface area (Å²) in [7, 11) is 0. The van der Waals surface area contributed by atoms with Gasteiger partial charge in [-0.25, -0.2) is 4.79 Å². The minimum atomic E-state index is -0.850. The van der Waals surface area contributed by atoms with Crippen molar-refractivity contribution in [1.29, 1.82) is 0 Å². The first-order chi connectivity index (χ1) is 8.60. The molecule has 0 aliphatic rings. The molecule has 0 radical (unpaired) electrons. The number of carboxylic acids is 1. The van der Waals surface area contributed by atoms with Gasteiger partial charge in [-0.3, -0.25) is 4.79 Å². The molecule has 4 nitrogen and oxygen atoms in total. The molecule has 98 valence electrons. The molecule has 0 saturated carbocycles. The van der Waals surface area contributed by atoms with Gasteiger partial charge in [-0.15, -0.1) is 0 Å². The molecule has 1 aromatic rings. The number of carbonyl (C=O) groups excluding carboxylic acids is 1. The van der Waals surface area contributed by atoms with Crippen LogP contribution < -0.4 is 0 Å². The van der Waals surface area contributed by atoms with E-state index in [0.717, 1.165) is 11.1 Å². The number of carbonyl (C=O) groups is 2. The fourth-order valence-electron chi connectivity index (χ4n) is 1.67. The maximum atomic E-state index is 11.8. The molecule has 0 bridgehead atoms. The molecule has 0 heterocycles. The second-order valence-electron chi connectivity index (χ2n) is 3.69. The normalized spacial score (nSPS) is 10.1. The number of halogens is 1. The number of alkyl halides is 1. The molecule has 1 aromatic carbocycles. The van der Waals surface area contributed by atoms with E-state index in [9.17, 15) is 9.59 Å². The summed E-state index contributed by atoms with van der Waals surface area (Å²) in [6, 6.07) is 5.27. The van der Waals surface area contributed by atoms with Crippen molar-refractivity contribution in [3.8, 4) is 0 Å². The molecular formula is C13H15BrO4. The summed E-state index contributed by atoms with van der Waals surface area (Å²) in [6.45, 7) is 2.07. The van der Waals surface area contributed by atoms with Crippen molar-refractivity contribution in [2.45, 2.75) is 25.1 Å². The van der Waals surface area contributed by atoms with E-state index in [4.69, 9.17) is 9.84 Å². The van der Waals surface area contributed by atoms with Crippen LogP contribution in [0.4, 0.5) is 0 Å². The smallest absolute Gasteiger partial charge is 0.338 e. The van der Waals surface area contributed by atoms with Crippen molar-refractivity contribution in [2.75, 3.05) is 6.61 Å². The minimum absolute atomic E-state index is 0.0479. The van der Waals surface area contributed by atoms with E-state index in [1.807, 2.05) is 6.07 Å². The van der Waals surface area contributed by atoms with Crippen LogP contribution in [0.15, 0.2) is 18.2 Å². The fraction of sp³-hybridized carbons (Fsp3) is 0.385. The molecule has 5 heteroatoms. The van der Waals surface area contributed by atoms with Gasteiger partial charge in [-0.05, 0) is 30.5 Å². The van der Waals surface area contributed by atoms with Gasteiger partial charge in [-0.2, -0.15) is 0 Å². The zero-order chi connectivity index (χ0) is 13.5. The Hall–Kier alpha value is -1.36. The number of aryl methyl sites for hydroxylation is 1. The third-order valence-corrected chi connectivity index (χ3v) is 3.07. The summed E-state index contributed by atoms with van der Waals surface area (Å²) in [4.78, 5) is 22.3. The van der Waals surface area contributed by atoms with Crippen LogP contribution in [0.1, 0.15) is 34.8 Å². The molecule has 0 saturated heterocycles. The van der Waals surface area contributed by atoms with Crippen molar-refractivity contribution >= 4 is 27.9 Å². The van der Waals surface area contributed by atoms with Crippen molar-refractivity contribution < 1.29 is 19.4 Å². The predicted octanol–water partition coefficient (Wildman–Crippen LogP) is 2.78. The van der Waals surface area contributed by atoms with Gasteiger partial charge >= 0.3 is 11.9 Å². The Morgan fingerprint density at radius 3 is 2.67 bits per heavy atom. The number of esters is 1. The Labute approximate surface area is 114 Å². The van der Waals surface area contributed by atoms with E-state index in [0.29, 0.717) is 23.9 Å². The lowest BCUT2D eigenvalue weighted by molar-refractivity contribution is -0.136. The van der Waals surface area contributed by atoms with E-state index in [1.165, 1.54) is 0 Å². The van der Waals surface area contributed by atoms with Gasteiger partial charge in [0.05, 0.1) is 12.2 Å². The van der Waals surface area contributed by atoms with Crippen LogP contribution in [0.5, 0.6) is 0 Å². The van der Waals surface area contributed by atoms with Gasteiger partial charge in [-0.1, -0.05) is 28.1 Å². The fourth-order valence-corrected chi connectivity index (χ4v) is 2.33. The average molecular weight is 315 g/mol. The highest BCUT2D eigenvalue weighted by atomic mass is 79.9. The van der Waals surface area contributed by atoms with Crippen LogP contribution in [0.3, 0.4) is 0 Å². The lowest BCUT2D eigenvalue weighted by Crippen LogP contribution is -2.10. The van der Waals surface area contributed by atoms with Crippen molar-refractivity contribution in [3.63, 3.8) is 0 Å². The van der Waals surface area contributed by atoms with Gasteiger partial charge in [0.1, 0.15) is 0 Å². The number of hydrogen-bond donors (Lipinski definition) is 1. The number of hydrogen-bond acceptors (Lipinski definition) is 3. The third kappa shape index (κ3) is 3.84. The highest BCUT2D eigenvalue weighted by molar-refractivity contribution is 9.08. The largest absolute Gasteiger partial charge is 0.481 e. The number of ether oxygens (including phenoxy) is 1. The van der Waals surface area contributed by atoms with Crippen molar-refractivity contribution in [2.24, 2.45) is 0 Å². The Kier molecular flexibility index (Phi) is 5.85. The molecule has 0 aliphatic heterocycles. The van der Waals surface area contributed by atoms with Gasteiger partial charge in [0.25, 0.3) is 0 Å². The van der Waals surface area contributed by atoms with Crippen LogP contribution in [-0.2, 0) is 21.3 Å². The second kappa shape index (κ2) is 7.16. The molecule has 18 heavy (non-hydrogen) atoms. The number of benzene rings is 1. The summed E-state index contributed by atoms with van der Waals surface area (Å²) >= 11 is 3.33. The van der Waals surface area contributed by atoms with Crippen LogP contribution in [0, 0.1) is 0 Å². The lowest BCUT2D eigenvalue weighted by atomic mass is 9.99. The molecule has 0 amide bonds. The number of aliphatic carboxylic acids is 1. The zero-order valence-corrected chi connectivity index (χ0v) is 11.7. The average Bonchev–Trinajstić information content (AvgIpc) is 2.35. The molecule has 1 N–H and O–H groups in total. The first kappa shape index (κ1) is 14.7. The maximum Gasteiger partial charge on any atom is 0.338 e. The highest BCUT2D eigenvalue weighted by Gasteiger charge is 2.15. The summed E-state index contributed by atoms with van der Waals surface area (Å²) in [5.74, 6) is -1.22. The SMILES string of the molecule is CCOC(=O)c1cccc(CCC(=O)O)c1CBr. The highest BCUT2D eigenvalue weighted by Crippen LogP contribution is 2.20. The van der Waals surface area contributed by atoms with Crippen LogP contribution in [0.25, 0.3) is 0 Å². The number of carboxylic acid groups (broad SMARTS) is 1. The molecule has 0 atom stereocenters. The van der Waals surface area contributed by atoms with E-state index in [-0.39, 0.29) is 12.4 Å². The van der Waals surface area contributed by atoms with Crippen LogP contribution in [-0.4, -0.2) is 23.7 Å². The van der Waals surface area contributed by atoms with E-state index in [2.05, 4.69) is 15.9 Å². The summed E-state index contributed by atoms with van der Waals surface area (Å²) < 4.78 is 4.97. The Morgan fingerprint density at radius 1 is 1.39 bits per heavy atom. The van der Waals surface area contributed by atoms with Gasteiger partial charge in [0, 0.05) is 11.8 Å². The first-order valence-corrected chi connectivity index (χ1v) is 6.78. The van der Waals surface area contributed by atoms with E-state index in [1.54, 1.807) is 19.1 Å².